The quantitative estimate of drug-likeness (QED) is 0.404. The Hall–Kier alpha value is -4.05. The van der Waals surface area contributed by atoms with Crippen molar-refractivity contribution in [3.05, 3.63) is 82.9 Å². The number of benzene rings is 3. The Morgan fingerprint density at radius 1 is 0.914 bits per heavy atom. The molecule has 0 aliphatic carbocycles. The molecule has 0 bridgehead atoms. The zero-order chi connectivity index (χ0) is 25.2. The molecule has 0 saturated heterocycles. The van der Waals surface area contributed by atoms with Gasteiger partial charge in [-0.25, -0.2) is 8.42 Å². The van der Waals surface area contributed by atoms with Crippen LogP contribution in [0.15, 0.2) is 65.6 Å². The van der Waals surface area contributed by atoms with Crippen LogP contribution in [0.4, 0.5) is 11.4 Å². The van der Waals surface area contributed by atoms with Gasteiger partial charge in [0.15, 0.2) is 0 Å². The second-order valence-corrected chi connectivity index (χ2v) is 10.1. The monoisotopic (exact) mass is 490 g/mol. The number of anilines is 2. The zero-order valence-corrected chi connectivity index (χ0v) is 20.7. The number of para-hydroxylation sites is 1. The Balaban J connectivity index is 1.55. The molecule has 10 heteroatoms. The molecule has 0 atom stereocenters. The number of amides is 1. The number of nitrogens with one attached hydrogen (secondary N) is 2. The van der Waals surface area contributed by atoms with Gasteiger partial charge in [-0.15, -0.1) is 10.2 Å². The average molecular weight is 491 g/mol. The maximum atomic E-state index is 13.3. The molecular formula is C25H26N6O3S. The van der Waals surface area contributed by atoms with Crippen molar-refractivity contribution in [2.45, 2.75) is 39.1 Å². The number of nitrogens with zero attached hydrogens (tertiary/aromatic N) is 4. The van der Waals surface area contributed by atoms with Crippen molar-refractivity contribution in [2.75, 3.05) is 10.0 Å². The first-order chi connectivity index (χ1) is 16.6. The van der Waals surface area contributed by atoms with E-state index in [2.05, 4.69) is 25.4 Å². The topological polar surface area (TPSA) is 119 Å². The fraction of sp³-hybridized carbons (Fsp3) is 0.200. The van der Waals surface area contributed by atoms with Gasteiger partial charge in [-0.3, -0.25) is 9.52 Å². The maximum Gasteiger partial charge on any atom is 0.262 e. The van der Waals surface area contributed by atoms with Crippen LogP contribution in [0.3, 0.4) is 0 Å². The molecule has 0 radical (unpaired) electrons. The summed E-state index contributed by atoms with van der Waals surface area (Å²) in [6.45, 7) is 7.30. The third-order valence-corrected chi connectivity index (χ3v) is 7.03. The second kappa shape index (κ2) is 9.67. The van der Waals surface area contributed by atoms with Crippen molar-refractivity contribution >= 4 is 27.3 Å². The molecule has 0 aliphatic rings. The molecule has 4 rings (SSSR count). The standard InChI is InChI=1S/C25H26N6O3S/c1-16-9-11-20(12-10-16)26-23(32)15-31-28-25(27-30-31)21-7-5-6-8-22(21)29-35(33,34)24-18(3)13-17(2)14-19(24)4/h5-14,29H,15H2,1-4H3,(H,26,32). The number of aryl methyl sites for hydroxylation is 4. The van der Waals surface area contributed by atoms with Crippen molar-refractivity contribution in [3.63, 3.8) is 0 Å². The molecule has 180 valence electrons. The highest BCUT2D eigenvalue weighted by molar-refractivity contribution is 7.92. The lowest BCUT2D eigenvalue weighted by molar-refractivity contribution is -0.117. The van der Waals surface area contributed by atoms with E-state index in [1.54, 1.807) is 38.1 Å². The van der Waals surface area contributed by atoms with E-state index in [1.165, 1.54) is 4.80 Å². The lowest BCUT2D eigenvalue weighted by Gasteiger charge is -2.15. The molecule has 4 aromatic rings. The lowest BCUT2D eigenvalue weighted by Crippen LogP contribution is -2.20. The van der Waals surface area contributed by atoms with Gasteiger partial charge in [0.1, 0.15) is 6.54 Å². The van der Waals surface area contributed by atoms with Crippen LogP contribution in [0, 0.1) is 27.7 Å². The molecule has 3 aromatic carbocycles. The Bertz CT molecular complexity index is 1470. The molecule has 1 aromatic heterocycles. The van der Waals surface area contributed by atoms with Gasteiger partial charge in [-0.1, -0.05) is 47.5 Å². The van der Waals surface area contributed by atoms with Gasteiger partial charge in [-0.2, -0.15) is 4.80 Å². The van der Waals surface area contributed by atoms with E-state index in [4.69, 9.17) is 0 Å². The van der Waals surface area contributed by atoms with Crippen molar-refractivity contribution in [1.29, 1.82) is 0 Å². The predicted molar refractivity (Wildman–Crippen MR) is 135 cm³/mol. The first kappa shape index (κ1) is 24.1. The molecule has 0 saturated carbocycles. The van der Waals surface area contributed by atoms with Crippen LogP contribution < -0.4 is 10.0 Å². The summed E-state index contributed by atoms with van der Waals surface area (Å²) in [6.07, 6.45) is 0. The molecule has 35 heavy (non-hydrogen) atoms. The van der Waals surface area contributed by atoms with Crippen molar-refractivity contribution < 1.29 is 13.2 Å². The molecule has 0 aliphatic heterocycles. The number of hydrogen-bond acceptors (Lipinski definition) is 6. The summed E-state index contributed by atoms with van der Waals surface area (Å²) in [4.78, 5) is 13.8. The van der Waals surface area contributed by atoms with Gasteiger partial charge in [0.25, 0.3) is 10.0 Å². The number of aromatic nitrogens is 4. The van der Waals surface area contributed by atoms with Gasteiger partial charge in [0.2, 0.25) is 11.7 Å². The lowest BCUT2D eigenvalue weighted by atomic mass is 10.1. The molecule has 2 N–H and O–H groups in total. The van der Waals surface area contributed by atoms with Gasteiger partial charge in [0.05, 0.1) is 10.6 Å². The van der Waals surface area contributed by atoms with Crippen molar-refractivity contribution in [1.82, 2.24) is 20.2 Å². The summed E-state index contributed by atoms with van der Waals surface area (Å²) in [5.74, 6) is -0.110. The number of carbonyl (C=O) groups is 1. The third-order valence-electron chi connectivity index (χ3n) is 5.36. The molecule has 9 nitrogen and oxygen atoms in total. The van der Waals surface area contributed by atoms with Crippen LogP contribution in [-0.2, 0) is 21.4 Å². The molecular weight excluding hydrogens is 464 g/mol. The van der Waals surface area contributed by atoms with Crippen LogP contribution in [0.5, 0.6) is 0 Å². The fourth-order valence-electron chi connectivity index (χ4n) is 3.94. The van der Waals surface area contributed by atoms with Crippen LogP contribution in [0.25, 0.3) is 11.4 Å². The molecule has 0 fully saturated rings. The minimum atomic E-state index is -3.87. The number of rotatable bonds is 7. The number of tetrazole rings is 1. The number of hydrogen-bond donors (Lipinski definition) is 2. The highest BCUT2D eigenvalue weighted by atomic mass is 32.2. The smallest absolute Gasteiger partial charge is 0.262 e. The summed E-state index contributed by atoms with van der Waals surface area (Å²) in [6, 6.07) is 17.9. The second-order valence-electron chi connectivity index (χ2n) is 8.44. The molecule has 0 spiro atoms. The summed E-state index contributed by atoms with van der Waals surface area (Å²) in [5.41, 5.74) is 4.84. The van der Waals surface area contributed by atoms with E-state index >= 15 is 0 Å². The number of sulfonamides is 1. The first-order valence-electron chi connectivity index (χ1n) is 11.0. The van der Waals surface area contributed by atoms with E-state index in [-0.39, 0.29) is 23.2 Å². The van der Waals surface area contributed by atoms with E-state index in [0.29, 0.717) is 28.1 Å². The van der Waals surface area contributed by atoms with E-state index in [1.807, 2.05) is 50.2 Å². The highest BCUT2D eigenvalue weighted by Crippen LogP contribution is 2.29. The Kier molecular flexibility index (Phi) is 6.65. The van der Waals surface area contributed by atoms with E-state index in [0.717, 1.165) is 11.1 Å². The minimum absolute atomic E-state index is 0.142. The van der Waals surface area contributed by atoms with Crippen LogP contribution >= 0.6 is 0 Å². The molecule has 0 unspecified atom stereocenters. The van der Waals surface area contributed by atoms with Crippen LogP contribution in [0.2, 0.25) is 0 Å². The molecule has 1 heterocycles. The summed E-state index contributed by atoms with van der Waals surface area (Å²) in [7, 11) is -3.87. The fourth-order valence-corrected chi connectivity index (χ4v) is 5.47. The number of carbonyl (C=O) groups excluding carboxylic acids is 1. The van der Waals surface area contributed by atoms with Crippen molar-refractivity contribution in [2.24, 2.45) is 0 Å². The summed E-state index contributed by atoms with van der Waals surface area (Å²) < 4.78 is 29.2. The SMILES string of the molecule is Cc1ccc(NC(=O)Cn2nnc(-c3ccccc3NS(=O)(=O)c3c(C)cc(C)cc3C)n2)cc1. The predicted octanol–water partition coefficient (Wildman–Crippen LogP) is 4.01. The van der Waals surface area contributed by atoms with Gasteiger partial charge in [0, 0.05) is 11.3 Å². The highest BCUT2D eigenvalue weighted by Gasteiger charge is 2.22. The Morgan fingerprint density at radius 3 is 2.26 bits per heavy atom. The first-order valence-corrected chi connectivity index (χ1v) is 12.4. The van der Waals surface area contributed by atoms with Crippen molar-refractivity contribution in [3.8, 4) is 11.4 Å². The third kappa shape index (κ3) is 5.55. The largest absolute Gasteiger partial charge is 0.324 e. The average Bonchev–Trinajstić information content (AvgIpc) is 3.22. The zero-order valence-electron chi connectivity index (χ0n) is 19.9. The van der Waals surface area contributed by atoms with Gasteiger partial charge < -0.3 is 5.32 Å². The minimum Gasteiger partial charge on any atom is -0.324 e. The van der Waals surface area contributed by atoms with E-state index in [9.17, 15) is 13.2 Å². The summed E-state index contributed by atoms with van der Waals surface area (Å²) >= 11 is 0. The van der Waals surface area contributed by atoms with Gasteiger partial charge >= 0.3 is 0 Å². The van der Waals surface area contributed by atoms with Gasteiger partial charge in [-0.05, 0) is 68.3 Å². The Labute approximate surface area is 204 Å². The van der Waals surface area contributed by atoms with Crippen LogP contribution in [0.1, 0.15) is 22.3 Å². The Morgan fingerprint density at radius 2 is 1.57 bits per heavy atom. The molecule has 1 amide bonds. The normalized spacial score (nSPS) is 11.3. The summed E-state index contributed by atoms with van der Waals surface area (Å²) in [5, 5.41) is 15.1. The van der Waals surface area contributed by atoms with E-state index < -0.39 is 10.0 Å². The van der Waals surface area contributed by atoms with Crippen LogP contribution in [-0.4, -0.2) is 34.5 Å². The maximum absolute atomic E-state index is 13.3.